The lowest BCUT2D eigenvalue weighted by Gasteiger charge is -2.24. The zero-order valence-corrected chi connectivity index (χ0v) is 9.79. The Morgan fingerprint density at radius 2 is 2.13 bits per heavy atom. The summed E-state index contributed by atoms with van der Waals surface area (Å²) in [5, 5.41) is 0. The number of aryl methyl sites for hydroxylation is 1. The molecule has 0 bridgehead atoms. The molecule has 0 aliphatic rings. The van der Waals surface area contributed by atoms with Gasteiger partial charge in [0.05, 0.1) is 6.61 Å². The normalized spacial score (nSPS) is 10.3. The number of nitrogens with two attached hydrogens (primary N) is 1. The Morgan fingerprint density at radius 1 is 1.40 bits per heavy atom. The van der Waals surface area contributed by atoms with Crippen molar-refractivity contribution < 1.29 is 4.74 Å². The molecule has 3 heteroatoms. The number of hydrogen-bond donors (Lipinski definition) is 1. The van der Waals surface area contributed by atoms with Crippen LogP contribution >= 0.6 is 0 Å². The van der Waals surface area contributed by atoms with Crippen molar-refractivity contribution in [2.45, 2.75) is 13.8 Å². The average molecular weight is 208 g/mol. The zero-order valence-electron chi connectivity index (χ0n) is 9.79. The van der Waals surface area contributed by atoms with E-state index in [9.17, 15) is 0 Å². The summed E-state index contributed by atoms with van der Waals surface area (Å²) >= 11 is 0. The topological polar surface area (TPSA) is 38.5 Å². The molecule has 0 atom stereocenters. The monoisotopic (exact) mass is 208 g/mol. The van der Waals surface area contributed by atoms with Gasteiger partial charge in [-0.3, -0.25) is 0 Å². The molecule has 2 N–H and O–H groups in total. The van der Waals surface area contributed by atoms with Gasteiger partial charge in [-0.15, -0.1) is 0 Å². The summed E-state index contributed by atoms with van der Waals surface area (Å²) in [5.41, 5.74) is 9.06. The van der Waals surface area contributed by atoms with Gasteiger partial charge in [0.1, 0.15) is 0 Å². The van der Waals surface area contributed by atoms with Gasteiger partial charge >= 0.3 is 0 Å². The second-order valence-corrected chi connectivity index (χ2v) is 3.62. The van der Waals surface area contributed by atoms with Crippen molar-refractivity contribution in [3.05, 3.63) is 23.8 Å². The van der Waals surface area contributed by atoms with Crippen LogP contribution in [0.4, 0.5) is 11.4 Å². The highest BCUT2D eigenvalue weighted by Crippen LogP contribution is 2.22. The van der Waals surface area contributed by atoms with Gasteiger partial charge in [0.25, 0.3) is 0 Å². The van der Waals surface area contributed by atoms with E-state index in [1.54, 1.807) is 7.11 Å². The fourth-order valence-corrected chi connectivity index (χ4v) is 1.62. The lowest BCUT2D eigenvalue weighted by molar-refractivity contribution is 0.205. The van der Waals surface area contributed by atoms with E-state index in [0.29, 0.717) is 0 Å². The summed E-state index contributed by atoms with van der Waals surface area (Å²) < 4.78 is 5.09. The number of anilines is 2. The predicted octanol–water partition coefficient (Wildman–Crippen LogP) is 2.05. The summed E-state index contributed by atoms with van der Waals surface area (Å²) in [6, 6.07) is 6.01. The van der Waals surface area contributed by atoms with Crippen LogP contribution in [0.15, 0.2) is 18.2 Å². The number of benzene rings is 1. The highest BCUT2D eigenvalue weighted by Gasteiger charge is 2.07. The fourth-order valence-electron chi connectivity index (χ4n) is 1.62. The zero-order chi connectivity index (χ0) is 11.3. The van der Waals surface area contributed by atoms with Crippen LogP contribution in [0.5, 0.6) is 0 Å². The van der Waals surface area contributed by atoms with E-state index in [2.05, 4.69) is 24.8 Å². The third-order valence-corrected chi connectivity index (χ3v) is 2.52. The number of methoxy groups -OCH3 is 1. The second kappa shape index (κ2) is 5.61. The molecule has 0 unspecified atom stereocenters. The van der Waals surface area contributed by atoms with E-state index in [1.165, 1.54) is 11.3 Å². The Morgan fingerprint density at radius 3 is 2.73 bits per heavy atom. The third kappa shape index (κ3) is 3.13. The lowest BCUT2D eigenvalue weighted by atomic mass is 10.1. The Labute approximate surface area is 91.8 Å². The van der Waals surface area contributed by atoms with Crippen LogP contribution in [0.3, 0.4) is 0 Å². The van der Waals surface area contributed by atoms with Crippen LogP contribution in [-0.4, -0.2) is 26.8 Å². The maximum absolute atomic E-state index is 5.79. The molecule has 0 saturated carbocycles. The fraction of sp³-hybridized carbons (Fsp3) is 0.500. The summed E-state index contributed by atoms with van der Waals surface area (Å²) in [6.07, 6.45) is 0. The van der Waals surface area contributed by atoms with Gasteiger partial charge in [0, 0.05) is 31.6 Å². The molecular weight excluding hydrogens is 188 g/mol. The molecule has 0 aliphatic carbocycles. The number of rotatable bonds is 5. The summed E-state index contributed by atoms with van der Waals surface area (Å²) in [7, 11) is 1.72. The van der Waals surface area contributed by atoms with E-state index < -0.39 is 0 Å². The van der Waals surface area contributed by atoms with Gasteiger partial charge in [-0.25, -0.2) is 0 Å². The quantitative estimate of drug-likeness (QED) is 0.753. The van der Waals surface area contributed by atoms with E-state index in [-0.39, 0.29) is 0 Å². The van der Waals surface area contributed by atoms with Crippen molar-refractivity contribution >= 4 is 11.4 Å². The standard InChI is InChI=1S/C12H20N2O/c1-4-14(7-8-15-3)12-9-11(13)6-5-10(12)2/h5-6,9H,4,7-8,13H2,1-3H3. The highest BCUT2D eigenvalue weighted by molar-refractivity contribution is 5.60. The lowest BCUT2D eigenvalue weighted by Crippen LogP contribution is -2.27. The molecule has 0 aliphatic heterocycles. The van der Waals surface area contributed by atoms with Gasteiger partial charge in [-0.05, 0) is 31.5 Å². The largest absolute Gasteiger partial charge is 0.399 e. The molecule has 0 heterocycles. The summed E-state index contributed by atoms with van der Waals surface area (Å²) in [5.74, 6) is 0. The molecule has 0 fully saturated rings. The van der Waals surface area contributed by atoms with Crippen molar-refractivity contribution in [2.24, 2.45) is 0 Å². The number of hydrogen-bond acceptors (Lipinski definition) is 3. The Kier molecular flexibility index (Phi) is 4.43. The molecule has 0 radical (unpaired) electrons. The molecule has 15 heavy (non-hydrogen) atoms. The number of likely N-dealkylation sites (N-methyl/N-ethyl adjacent to an activating group) is 1. The molecule has 0 spiro atoms. The molecule has 0 amide bonds. The minimum absolute atomic E-state index is 0.738. The summed E-state index contributed by atoms with van der Waals surface area (Å²) in [4.78, 5) is 2.27. The van der Waals surface area contributed by atoms with Crippen LogP contribution in [0, 0.1) is 6.92 Å². The summed E-state index contributed by atoms with van der Waals surface area (Å²) in [6.45, 7) is 6.84. The Bertz CT molecular complexity index is 312. The molecular formula is C12H20N2O. The molecule has 1 rings (SSSR count). The van der Waals surface area contributed by atoms with Crippen LogP contribution < -0.4 is 10.6 Å². The van der Waals surface area contributed by atoms with Gasteiger partial charge in [-0.2, -0.15) is 0 Å². The van der Waals surface area contributed by atoms with Gasteiger partial charge in [0.15, 0.2) is 0 Å². The van der Waals surface area contributed by atoms with Crippen molar-refractivity contribution in [3.63, 3.8) is 0 Å². The molecule has 0 saturated heterocycles. The van der Waals surface area contributed by atoms with Crippen LogP contribution in [0.1, 0.15) is 12.5 Å². The Hall–Kier alpha value is -1.22. The van der Waals surface area contributed by atoms with Crippen LogP contribution in [0.25, 0.3) is 0 Å². The first-order valence-electron chi connectivity index (χ1n) is 5.29. The van der Waals surface area contributed by atoms with Gasteiger partial charge in [-0.1, -0.05) is 6.07 Å². The minimum atomic E-state index is 0.738. The first-order chi connectivity index (χ1) is 7.19. The molecule has 84 valence electrons. The number of nitrogen functional groups attached to an aromatic ring is 1. The average Bonchev–Trinajstić information content (AvgIpc) is 2.24. The maximum Gasteiger partial charge on any atom is 0.0637 e. The smallest absolute Gasteiger partial charge is 0.0637 e. The minimum Gasteiger partial charge on any atom is -0.399 e. The first-order valence-corrected chi connectivity index (χ1v) is 5.29. The number of ether oxygens (including phenoxy) is 1. The van der Waals surface area contributed by atoms with Crippen molar-refractivity contribution in [1.29, 1.82) is 0 Å². The highest BCUT2D eigenvalue weighted by atomic mass is 16.5. The molecule has 3 nitrogen and oxygen atoms in total. The molecule has 1 aromatic rings. The first kappa shape index (κ1) is 11.9. The third-order valence-electron chi connectivity index (χ3n) is 2.52. The van der Waals surface area contributed by atoms with E-state index >= 15 is 0 Å². The maximum atomic E-state index is 5.79. The van der Waals surface area contributed by atoms with Crippen LogP contribution in [-0.2, 0) is 4.74 Å². The second-order valence-electron chi connectivity index (χ2n) is 3.62. The van der Waals surface area contributed by atoms with Crippen molar-refractivity contribution in [2.75, 3.05) is 37.4 Å². The Balaban J connectivity index is 2.85. The van der Waals surface area contributed by atoms with Gasteiger partial charge < -0.3 is 15.4 Å². The molecule has 0 aromatic heterocycles. The van der Waals surface area contributed by atoms with E-state index in [0.717, 1.165) is 25.4 Å². The van der Waals surface area contributed by atoms with Crippen molar-refractivity contribution in [1.82, 2.24) is 0 Å². The van der Waals surface area contributed by atoms with E-state index in [4.69, 9.17) is 10.5 Å². The molecule has 1 aromatic carbocycles. The van der Waals surface area contributed by atoms with Gasteiger partial charge in [0.2, 0.25) is 0 Å². The predicted molar refractivity (Wildman–Crippen MR) is 65.4 cm³/mol. The van der Waals surface area contributed by atoms with Crippen LogP contribution in [0.2, 0.25) is 0 Å². The SMILES string of the molecule is CCN(CCOC)c1cc(N)ccc1C. The van der Waals surface area contributed by atoms with Crippen molar-refractivity contribution in [3.8, 4) is 0 Å². The van der Waals surface area contributed by atoms with E-state index in [1.807, 2.05) is 12.1 Å². The number of nitrogens with zero attached hydrogens (tertiary/aromatic N) is 1.